The number of carbonyl (C=O) groups excluding carboxylic acids is 2. The number of hydrogen-bond donors (Lipinski definition) is 2. The number of fused-ring (bicyclic) bond motifs is 1. The molecule has 0 saturated carbocycles. The Balaban J connectivity index is 1.81. The molecule has 1 atom stereocenters. The Morgan fingerprint density at radius 1 is 1.29 bits per heavy atom. The van der Waals surface area contributed by atoms with Gasteiger partial charge in [-0.25, -0.2) is 0 Å². The fourth-order valence-corrected chi connectivity index (χ4v) is 5.12. The summed E-state index contributed by atoms with van der Waals surface area (Å²) < 4.78 is 0. The number of amides is 2. The van der Waals surface area contributed by atoms with Gasteiger partial charge in [0.25, 0.3) is 5.91 Å². The van der Waals surface area contributed by atoms with Gasteiger partial charge in [0.2, 0.25) is 5.91 Å². The molecule has 1 aromatic heterocycles. The zero-order chi connectivity index (χ0) is 20.3. The number of carbonyl (C=O) groups is 2. The summed E-state index contributed by atoms with van der Waals surface area (Å²) in [6, 6.07) is 9.63. The first-order valence-corrected chi connectivity index (χ1v) is 10.6. The quantitative estimate of drug-likeness (QED) is 0.672. The topological polar surface area (TPSA) is 72.2 Å². The van der Waals surface area contributed by atoms with E-state index in [9.17, 15) is 9.59 Å². The second-order valence-corrected chi connectivity index (χ2v) is 9.19. The van der Waals surface area contributed by atoms with E-state index < -0.39 is 5.91 Å². The lowest BCUT2D eigenvalue weighted by Gasteiger charge is -2.36. The van der Waals surface area contributed by atoms with Gasteiger partial charge in [0.05, 0.1) is 5.56 Å². The minimum absolute atomic E-state index is 0.254. The highest BCUT2D eigenvalue weighted by molar-refractivity contribution is 7.17. The van der Waals surface area contributed by atoms with Gasteiger partial charge in [0, 0.05) is 11.0 Å². The van der Waals surface area contributed by atoms with Gasteiger partial charge in [-0.2, -0.15) is 0 Å². The molecular weight excluding hydrogens is 368 g/mol. The van der Waals surface area contributed by atoms with Gasteiger partial charge in [-0.05, 0) is 47.8 Å². The maximum atomic E-state index is 12.4. The lowest BCUT2D eigenvalue weighted by molar-refractivity contribution is -0.111. The summed E-state index contributed by atoms with van der Waals surface area (Å²) in [5.41, 5.74) is 8.40. The van der Waals surface area contributed by atoms with Crippen LogP contribution < -0.4 is 11.1 Å². The Hall–Kier alpha value is -2.40. The smallest absolute Gasteiger partial charge is 0.251 e. The number of benzene rings is 1. The highest BCUT2D eigenvalue weighted by atomic mass is 32.1. The van der Waals surface area contributed by atoms with Crippen molar-refractivity contribution in [3.8, 4) is 0 Å². The normalized spacial score (nSPS) is 16.8. The number of thiophene rings is 1. The van der Waals surface area contributed by atoms with Crippen molar-refractivity contribution < 1.29 is 9.59 Å². The SMILES string of the molecule is CCC(C)(C)C1CCc2c(sc(NC(=O)/C=C/c3ccccc3)c2C(N)=O)C1. The summed E-state index contributed by atoms with van der Waals surface area (Å²) >= 11 is 1.50. The van der Waals surface area contributed by atoms with Crippen molar-refractivity contribution in [3.63, 3.8) is 0 Å². The molecule has 0 aliphatic heterocycles. The molecule has 1 aromatic carbocycles. The number of nitrogens with one attached hydrogen (secondary N) is 1. The van der Waals surface area contributed by atoms with E-state index in [2.05, 4.69) is 26.1 Å². The van der Waals surface area contributed by atoms with Gasteiger partial charge in [-0.15, -0.1) is 11.3 Å². The van der Waals surface area contributed by atoms with Crippen molar-refractivity contribution in [2.45, 2.75) is 46.5 Å². The molecule has 1 unspecified atom stereocenters. The first-order chi connectivity index (χ1) is 13.3. The molecule has 0 radical (unpaired) electrons. The maximum Gasteiger partial charge on any atom is 0.251 e. The molecule has 0 bridgehead atoms. The predicted octanol–water partition coefficient (Wildman–Crippen LogP) is 5.04. The van der Waals surface area contributed by atoms with Crippen LogP contribution >= 0.6 is 11.3 Å². The minimum atomic E-state index is -0.465. The molecule has 0 spiro atoms. The van der Waals surface area contributed by atoms with Crippen LogP contribution in [0.4, 0.5) is 5.00 Å². The van der Waals surface area contributed by atoms with Gasteiger partial charge in [0.15, 0.2) is 0 Å². The van der Waals surface area contributed by atoms with E-state index in [0.717, 1.165) is 36.8 Å². The highest BCUT2D eigenvalue weighted by Gasteiger charge is 2.34. The Morgan fingerprint density at radius 2 is 2.00 bits per heavy atom. The zero-order valence-electron chi connectivity index (χ0n) is 16.7. The first-order valence-electron chi connectivity index (χ1n) is 9.80. The molecule has 0 fully saturated rings. The third kappa shape index (κ3) is 4.36. The van der Waals surface area contributed by atoms with Crippen molar-refractivity contribution in [1.82, 2.24) is 0 Å². The molecule has 3 rings (SSSR count). The summed E-state index contributed by atoms with van der Waals surface area (Å²) in [5, 5.41) is 3.46. The largest absolute Gasteiger partial charge is 0.365 e. The van der Waals surface area contributed by atoms with Gasteiger partial charge in [-0.1, -0.05) is 57.5 Å². The number of nitrogens with two attached hydrogens (primary N) is 1. The molecule has 28 heavy (non-hydrogen) atoms. The van der Waals surface area contributed by atoms with Crippen molar-refractivity contribution >= 4 is 34.2 Å². The van der Waals surface area contributed by atoms with Crippen molar-refractivity contribution in [2.24, 2.45) is 17.1 Å². The predicted molar refractivity (Wildman–Crippen MR) is 117 cm³/mol. The Morgan fingerprint density at radius 3 is 2.64 bits per heavy atom. The second-order valence-electron chi connectivity index (χ2n) is 8.09. The number of hydrogen-bond acceptors (Lipinski definition) is 3. The molecule has 148 valence electrons. The summed E-state index contributed by atoms with van der Waals surface area (Å²) in [6.07, 6.45) is 7.19. The van der Waals surface area contributed by atoms with Crippen LogP contribution in [-0.4, -0.2) is 11.8 Å². The number of anilines is 1. The van der Waals surface area contributed by atoms with Crippen LogP contribution in [0.3, 0.4) is 0 Å². The maximum absolute atomic E-state index is 12.4. The van der Waals surface area contributed by atoms with Gasteiger partial charge in [-0.3, -0.25) is 9.59 Å². The van der Waals surface area contributed by atoms with Crippen molar-refractivity contribution in [3.05, 3.63) is 58.0 Å². The minimum Gasteiger partial charge on any atom is -0.365 e. The average Bonchev–Trinajstić information content (AvgIpc) is 3.04. The van der Waals surface area contributed by atoms with E-state index in [-0.39, 0.29) is 11.3 Å². The third-order valence-electron chi connectivity index (χ3n) is 5.99. The van der Waals surface area contributed by atoms with Crippen LogP contribution in [0.2, 0.25) is 0 Å². The van der Waals surface area contributed by atoms with E-state index in [1.807, 2.05) is 30.3 Å². The summed E-state index contributed by atoms with van der Waals surface area (Å²) in [7, 11) is 0. The Labute approximate surface area is 170 Å². The van der Waals surface area contributed by atoms with Gasteiger partial charge < -0.3 is 11.1 Å². The summed E-state index contributed by atoms with van der Waals surface area (Å²) in [4.78, 5) is 25.7. The van der Waals surface area contributed by atoms with Crippen molar-refractivity contribution in [1.29, 1.82) is 0 Å². The average molecular weight is 397 g/mol. The molecule has 4 nitrogen and oxygen atoms in total. The second kappa shape index (κ2) is 8.31. The fraction of sp³-hybridized carbons (Fsp3) is 0.391. The van der Waals surface area contributed by atoms with Gasteiger partial charge in [0.1, 0.15) is 5.00 Å². The van der Waals surface area contributed by atoms with Crippen LogP contribution in [0.25, 0.3) is 6.08 Å². The fourth-order valence-electron chi connectivity index (χ4n) is 3.78. The molecule has 1 heterocycles. The van der Waals surface area contributed by atoms with E-state index in [4.69, 9.17) is 5.73 Å². The summed E-state index contributed by atoms with van der Waals surface area (Å²) in [6.45, 7) is 6.84. The van der Waals surface area contributed by atoms with E-state index >= 15 is 0 Å². The van der Waals surface area contributed by atoms with Crippen LogP contribution in [0.15, 0.2) is 36.4 Å². The summed E-state index contributed by atoms with van der Waals surface area (Å²) in [5.74, 6) is -0.144. The number of rotatable bonds is 6. The van der Waals surface area contributed by atoms with E-state index in [1.165, 1.54) is 22.3 Å². The molecular formula is C23H28N2O2S. The Kier molecular flexibility index (Phi) is 6.04. The lowest BCUT2D eigenvalue weighted by atomic mass is 9.69. The monoisotopic (exact) mass is 396 g/mol. The zero-order valence-corrected chi connectivity index (χ0v) is 17.6. The molecule has 2 aromatic rings. The van der Waals surface area contributed by atoms with Gasteiger partial charge >= 0.3 is 0 Å². The van der Waals surface area contributed by atoms with Crippen LogP contribution in [0, 0.1) is 11.3 Å². The van der Waals surface area contributed by atoms with E-state index in [1.54, 1.807) is 6.08 Å². The van der Waals surface area contributed by atoms with Crippen LogP contribution in [0.5, 0.6) is 0 Å². The van der Waals surface area contributed by atoms with Crippen LogP contribution in [-0.2, 0) is 17.6 Å². The molecule has 0 saturated heterocycles. The first kappa shape index (κ1) is 20.3. The van der Waals surface area contributed by atoms with Crippen LogP contribution in [0.1, 0.15) is 60.0 Å². The third-order valence-corrected chi connectivity index (χ3v) is 7.16. The van der Waals surface area contributed by atoms with Crippen molar-refractivity contribution in [2.75, 3.05) is 5.32 Å². The Bertz CT molecular complexity index is 897. The molecule has 1 aliphatic carbocycles. The standard InChI is InChI=1S/C23H28N2O2S/c1-4-23(2,3)16-11-12-17-18(14-16)28-22(20(17)21(24)27)25-19(26)13-10-15-8-6-5-7-9-15/h5-10,13,16H,4,11-12,14H2,1-3H3,(H2,24,27)(H,25,26)/b13-10+. The molecule has 3 N–H and O–H groups in total. The molecule has 1 aliphatic rings. The van der Waals surface area contributed by atoms with E-state index in [0.29, 0.717) is 16.5 Å². The molecule has 5 heteroatoms. The molecule has 2 amide bonds. The number of primary amides is 1. The highest BCUT2D eigenvalue weighted by Crippen LogP contribution is 2.45. The lowest BCUT2D eigenvalue weighted by Crippen LogP contribution is -2.29.